The Morgan fingerprint density at radius 2 is 2.05 bits per heavy atom. The van der Waals surface area contributed by atoms with Gasteiger partial charge >= 0.3 is 0 Å². The molecule has 11 nitrogen and oxygen atoms in total. The number of nitrogens with two attached hydrogens (primary N) is 1. The average Bonchev–Trinajstić information content (AvgIpc) is 3.24. The molecule has 2 atom stereocenters. The van der Waals surface area contributed by atoms with Crippen molar-refractivity contribution in [2.45, 2.75) is 29.9 Å². The SMILES string of the molecule is CN(C(=O)Cc1ccc2c(c1)NC(=O)CS2(=O)=O)C(CN1CC[C@H](O)C1)c1cccc(OCC(N)=O)c1. The Morgan fingerprint density at radius 3 is 2.76 bits per heavy atom. The highest BCUT2D eigenvalue weighted by Crippen LogP contribution is 2.30. The Kier molecular flexibility index (Phi) is 7.81. The van der Waals surface area contributed by atoms with Crippen LogP contribution in [-0.4, -0.2) is 86.2 Å². The van der Waals surface area contributed by atoms with E-state index in [1.165, 1.54) is 12.1 Å². The van der Waals surface area contributed by atoms with Crippen molar-refractivity contribution in [3.05, 3.63) is 53.6 Å². The lowest BCUT2D eigenvalue weighted by Crippen LogP contribution is -2.39. The molecule has 0 aliphatic carbocycles. The second-order valence-corrected chi connectivity index (χ2v) is 11.3. The third-order valence-corrected chi connectivity index (χ3v) is 8.16. The highest BCUT2D eigenvalue weighted by molar-refractivity contribution is 7.92. The number of likely N-dealkylation sites (N-methyl/N-ethyl adjacent to an activating group) is 1. The van der Waals surface area contributed by atoms with Gasteiger partial charge in [-0.1, -0.05) is 18.2 Å². The summed E-state index contributed by atoms with van der Waals surface area (Å²) in [5, 5.41) is 12.6. The number of ether oxygens (including phenoxy) is 1. The number of sulfone groups is 1. The normalized spacial score (nSPS) is 19.5. The summed E-state index contributed by atoms with van der Waals surface area (Å²) in [5.74, 6) is -1.60. The molecule has 1 saturated heterocycles. The fourth-order valence-corrected chi connectivity index (χ4v) is 5.90. The Hall–Kier alpha value is -3.48. The molecule has 2 aromatic carbocycles. The van der Waals surface area contributed by atoms with Crippen molar-refractivity contribution >= 4 is 33.2 Å². The van der Waals surface area contributed by atoms with Crippen LogP contribution in [0, 0.1) is 0 Å². The number of rotatable bonds is 9. The van der Waals surface area contributed by atoms with Crippen LogP contribution in [-0.2, 0) is 30.6 Å². The molecule has 2 aromatic rings. The molecule has 0 bridgehead atoms. The third-order valence-electron chi connectivity index (χ3n) is 6.49. The van der Waals surface area contributed by atoms with E-state index in [4.69, 9.17) is 10.5 Å². The van der Waals surface area contributed by atoms with E-state index in [1.807, 2.05) is 6.07 Å². The first-order chi connectivity index (χ1) is 17.5. The number of primary amides is 1. The molecule has 4 N–H and O–H groups in total. The van der Waals surface area contributed by atoms with Crippen LogP contribution in [0.4, 0.5) is 5.69 Å². The van der Waals surface area contributed by atoms with E-state index < -0.39 is 39.6 Å². The molecule has 3 amide bonds. The number of amides is 3. The number of aliphatic hydroxyl groups excluding tert-OH is 1. The van der Waals surface area contributed by atoms with E-state index in [2.05, 4.69) is 10.2 Å². The second-order valence-electron chi connectivity index (χ2n) is 9.36. The van der Waals surface area contributed by atoms with E-state index in [9.17, 15) is 27.9 Å². The minimum atomic E-state index is -3.71. The molecule has 0 saturated carbocycles. The molecular weight excluding hydrogens is 500 g/mol. The Bertz CT molecular complexity index is 1310. The van der Waals surface area contributed by atoms with Crippen molar-refractivity contribution in [1.29, 1.82) is 0 Å². The smallest absolute Gasteiger partial charge is 0.255 e. The largest absolute Gasteiger partial charge is 0.484 e. The molecule has 2 heterocycles. The standard InChI is InChI=1S/C25H30N4O7S/c1-28(25(33)10-16-5-6-22-20(9-16)27-24(32)15-37(22,34)35)21(13-29-8-7-18(30)12-29)17-3-2-4-19(11-17)36-14-23(26)31/h2-6,9,11,18,21,30H,7-8,10,12-15H2,1H3,(H2,26,31)(H,27,32)/t18-,21?/m0/s1. The van der Waals surface area contributed by atoms with E-state index in [0.717, 1.165) is 5.56 Å². The number of hydrogen-bond donors (Lipinski definition) is 3. The number of carbonyl (C=O) groups is 3. The number of aliphatic hydroxyl groups is 1. The first-order valence-corrected chi connectivity index (χ1v) is 13.5. The second kappa shape index (κ2) is 10.9. The minimum absolute atomic E-state index is 0.0172. The molecule has 2 aliphatic rings. The van der Waals surface area contributed by atoms with Gasteiger partial charge in [0.05, 0.1) is 29.1 Å². The van der Waals surface area contributed by atoms with Gasteiger partial charge in [-0.2, -0.15) is 0 Å². The Balaban J connectivity index is 1.56. The number of carbonyl (C=O) groups excluding carboxylic acids is 3. The lowest BCUT2D eigenvalue weighted by molar-refractivity contribution is -0.131. The number of nitrogens with zero attached hydrogens (tertiary/aromatic N) is 2. The van der Waals surface area contributed by atoms with Crippen LogP contribution in [0.3, 0.4) is 0 Å². The monoisotopic (exact) mass is 530 g/mol. The van der Waals surface area contributed by atoms with Crippen molar-refractivity contribution < 1.29 is 32.6 Å². The summed E-state index contributed by atoms with van der Waals surface area (Å²) < 4.78 is 30.0. The quantitative estimate of drug-likeness (QED) is 0.411. The zero-order valence-corrected chi connectivity index (χ0v) is 21.2. The van der Waals surface area contributed by atoms with Gasteiger partial charge in [0.25, 0.3) is 5.91 Å². The van der Waals surface area contributed by atoms with Gasteiger partial charge < -0.3 is 25.8 Å². The van der Waals surface area contributed by atoms with E-state index in [0.29, 0.717) is 37.4 Å². The van der Waals surface area contributed by atoms with Crippen molar-refractivity contribution in [3.63, 3.8) is 0 Å². The molecular formula is C25H30N4O7S. The maximum atomic E-state index is 13.4. The van der Waals surface area contributed by atoms with Gasteiger partial charge in [-0.25, -0.2) is 8.42 Å². The van der Waals surface area contributed by atoms with Crippen molar-refractivity contribution in [2.24, 2.45) is 5.73 Å². The lowest BCUT2D eigenvalue weighted by atomic mass is 10.0. The minimum Gasteiger partial charge on any atom is -0.484 e. The lowest BCUT2D eigenvalue weighted by Gasteiger charge is -2.32. The van der Waals surface area contributed by atoms with Crippen LogP contribution >= 0.6 is 0 Å². The number of β-amino-alcohol motifs (C(OH)–C–C–N with tert-alkyl or cyclic N) is 1. The first kappa shape index (κ1) is 26.6. The molecule has 1 fully saturated rings. The molecule has 37 heavy (non-hydrogen) atoms. The van der Waals surface area contributed by atoms with Gasteiger partial charge in [0.15, 0.2) is 16.4 Å². The molecule has 4 rings (SSSR count). The predicted octanol–water partition coefficient (Wildman–Crippen LogP) is 0.0853. The molecule has 198 valence electrons. The maximum absolute atomic E-state index is 13.4. The van der Waals surface area contributed by atoms with Crippen LogP contribution in [0.2, 0.25) is 0 Å². The van der Waals surface area contributed by atoms with Crippen LogP contribution in [0.5, 0.6) is 5.75 Å². The number of benzene rings is 2. The van der Waals surface area contributed by atoms with E-state index in [1.54, 1.807) is 36.2 Å². The molecule has 12 heteroatoms. The number of anilines is 1. The van der Waals surface area contributed by atoms with Gasteiger partial charge in [0, 0.05) is 26.7 Å². The highest BCUT2D eigenvalue weighted by Gasteiger charge is 2.31. The molecule has 1 unspecified atom stereocenters. The van der Waals surface area contributed by atoms with Gasteiger partial charge in [-0.15, -0.1) is 0 Å². The van der Waals surface area contributed by atoms with Crippen molar-refractivity contribution in [2.75, 3.05) is 44.4 Å². The van der Waals surface area contributed by atoms with Crippen molar-refractivity contribution in [3.8, 4) is 5.75 Å². The molecule has 0 radical (unpaired) electrons. The summed E-state index contributed by atoms with van der Waals surface area (Å²) in [7, 11) is -2.03. The fraction of sp³-hybridized carbons (Fsp3) is 0.400. The number of likely N-dealkylation sites (tertiary alicyclic amines) is 1. The maximum Gasteiger partial charge on any atom is 0.255 e. The molecule has 0 spiro atoms. The fourth-order valence-electron chi connectivity index (χ4n) is 4.61. The Labute approximate surface area is 215 Å². The first-order valence-electron chi connectivity index (χ1n) is 11.8. The predicted molar refractivity (Wildman–Crippen MR) is 135 cm³/mol. The molecule has 2 aliphatic heterocycles. The van der Waals surface area contributed by atoms with Gasteiger partial charge in [-0.3, -0.25) is 19.3 Å². The van der Waals surface area contributed by atoms with E-state index in [-0.39, 0.29) is 29.5 Å². The van der Waals surface area contributed by atoms with Gasteiger partial charge in [0.1, 0.15) is 11.5 Å². The summed E-state index contributed by atoms with van der Waals surface area (Å²) in [4.78, 5) is 40.0. The van der Waals surface area contributed by atoms with Crippen LogP contribution in [0.25, 0.3) is 0 Å². The van der Waals surface area contributed by atoms with Crippen molar-refractivity contribution in [1.82, 2.24) is 9.80 Å². The summed E-state index contributed by atoms with van der Waals surface area (Å²) >= 11 is 0. The van der Waals surface area contributed by atoms with Crippen LogP contribution < -0.4 is 15.8 Å². The average molecular weight is 531 g/mol. The van der Waals surface area contributed by atoms with Gasteiger partial charge in [-0.05, 0) is 41.8 Å². The summed E-state index contributed by atoms with van der Waals surface area (Å²) in [6, 6.07) is 11.2. The summed E-state index contributed by atoms with van der Waals surface area (Å²) in [5.41, 5.74) is 6.69. The number of hydrogen-bond acceptors (Lipinski definition) is 8. The summed E-state index contributed by atoms with van der Waals surface area (Å²) in [6.45, 7) is 1.38. The zero-order valence-electron chi connectivity index (χ0n) is 20.4. The van der Waals surface area contributed by atoms with E-state index >= 15 is 0 Å². The molecule has 0 aromatic heterocycles. The van der Waals surface area contributed by atoms with Crippen LogP contribution in [0.15, 0.2) is 47.4 Å². The summed E-state index contributed by atoms with van der Waals surface area (Å²) in [6.07, 6.45) is 0.209. The number of nitrogens with one attached hydrogen (secondary N) is 1. The number of fused-ring (bicyclic) bond motifs is 1. The zero-order chi connectivity index (χ0) is 26.7. The Morgan fingerprint density at radius 1 is 1.27 bits per heavy atom. The van der Waals surface area contributed by atoms with Gasteiger partial charge in [0.2, 0.25) is 11.8 Å². The highest BCUT2D eigenvalue weighted by atomic mass is 32.2. The third kappa shape index (κ3) is 6.45. The topological polar surface area (TPSA) is 159 Å². The van der Waals surface area contributed by atoms with Crippen LogP contribution in [0.1, 0.15) is 23.6 Å².